The lowest BCUT2D eigenvalue weighted by atomic mass is 9.94. The molecule has 4 rings (SSSR count). The summed E-state index contributed by atoms with van der Waals surface area (Å²) in [6, 6.07) is 21.5. The molecule has 0 atom stereocenters. The topological polar surface area (TPSA) is 43.9 Å². The number of amides is 2. The first-order chi connectivity index (χ1) is 14.6. The first-order valence-corrected chi connectivity index (χ1v) is 11.0. The molecule has 2 aromatic rings. The van der Waals surface area contributed by atoms with Crippen LogP contribution in [0.5, 0.6) is 0 Å². The Morgan fingerprint density at radius 2 is 1.23 bits per heavy atom. The molecule has 0 aliphatic carbocycles. The lowest BCUT2D eigenvalue weighted by molar-refractivity contribution is -0.141. The molecule has 5 nitrogen and oxygen atoms in total. The number of piperazine rings is 1. The fourth-order valence-corrected chi connectivity index (χ4v) is 4.78. The van der Waals surface area contributed by atoms with Crippen molar-refractivity contribution in [2.24, 2.45) is 5.92 Å². The molecule has 0 saturated carbocycles. The summed E-state index contributed by atoms with van der Waals surface area (Å²) in [5.74, 6) is 0.447. The minimum atomic E-state index is 0.0613. The molecule has 0 spiro atoms. The van der Waals surface area contributed by atoms with Crippen molar-refractivity contribution in [3.05, 3.63) is 71.8 Å². The second-order valence-corrected chi connectivity index (χ2v) is 8.37. The number of benzene rings is 2. The monoisotopic (exact) mass is 405 g/mol. The van der Waals surface area contributed by atoms with Gasteiger partial charge < -0.3 is 9.80 Å². The van der Waals surface area contributed by atoms with Gasteiger partial charge in [-0.05, 0) is 24.0 Å². The predicted octanol–water partition coefficient (Wildman–Crippen LogP) is 3.18. The van der Waals surface area contributed by atoms with Crippen molar-refractivity contribution in [1.82, 2.24) is 14.7 Å². The summed E-state index contributed by atoms with van der Waals surface area (Å²) >= 11 is 0. The summed E-state index contributed by atoms with van der Waals surface area (Å²) < 4.78 is 0. The van der Waals surface area contributed by atoms with E-state index in [0.29, 0.717) is 13.1 Å². The second-order valence-electron chi connectivity index (χ2n) is 8.37. The SMILES string of the molecule is CC(=O)N1CCC(C(=O)N2CCN(C(c3ccccc3)c3ccccc3)CC2)CC1. The summed E-state index contributed by atoms with van der Waals surface area (Å²) in [4.78, 5) is 31.0. The average molecular weight is 406 g/mol. The molecule has 158 valence electrons. The van der Waals surface area contributed by atoms with Crippen molar-refractivity contribution in [3.8, 4) is 0 Å². The Kier molecular flexibility index (Phi) is 6.48. The van der Waals surface area contributed by atoms with Crippen LogP contribution in [0.3, 0.4) is 0 Å². The van der Waals surface area contributed by atoms with Gasteiger partial charge in [-0.3, -0.25) is 14.5 Å². The molecule has 2 amide bonds. The molecule has 2 heterocycles. The second kappa shape index (κ2) is 9.43. The van der Waals surface area contributed by atoms with E-state index in [1.807, 2.05) is 9.80 Å². The highest BCUT2D eigenvalue weighted by molar-refractivity contribution is 5.80. The molecular formula is C25H31N3O2. The first-order valence-electron chi connectivity index (χ1n) is 11.0. The van der Waals surface area contributed by atoms with E-state index in [1.54, 1.807) is 6.92 Å². The maximum Gasteiger partial charge on any atom is 0.225 e. The fraction of sp³-hybridized carbons (Fsp3) is 0.440. The quantitative estimate of drug-likeness (QED) is 0.785. The molecule has 2 aliphatic rings. The molecule has 2 saturated heterocycles. The van der Waals surface area contributed by atoms with E-state index < -0.39 is 0 Å². The zero-order valence-electron chi connectivity index (χ0n) is 17.7. The third-order valence-corrected chi connectivity index (χ3v) is 6.51. The van der Waals surface area contributed by atoms with Crippen LogP contribution in [0.2, 0.25) is 0 Å². The molecule has 0 radical (unpaired) electrons. The van der Waals surface area contributed by atoms with Gasteiger partial charge in [0.2, 0.25) is 11.8 Å². The minimum absolute atomic E-state index is 0.0613. The van der Waals surface area contributed by atoms with E-state index in [4.69, 9.17) is 0 Å². The molecule has 2 aliphatic heterocycles. The number of piperidine rings is 1. The van der Waals surface area contributed by atoms with Gasteiger partial charge in [0, 0.05) is 52.1 Å². The van der Waals surface area contributed by atoms with Gasteiger partial charge in [0.1, 0.15) is 0 Å². The Hall–Kier alpha value is -2.66. The summed E-state index contributed by atoms with van der Waals surface area (Å²) in [6.07, 6.45) is 1.57. The maximum absolute atomic E-state index is 13.1. The Labute approximate surface area is 179 Å². The summed E-state index contributed by atoms with van der Waals surface area (Å²) in [5, 5.41) is 0. The van der Waals surface area contributed by atoms with E-state index >= 15 is 0 Å². The Morgan fingerprint density at radius 1 is 0.733 bits per heavy atom. The van der Waals surface area contributed by atoms with Crippen molar-refractivity contribution in [2.75, 3.05) is 39.3 Å². The van der Waals surface area contributed by atoms with E-state index in [2.05, 4.69) is 65.6 Å². The van der Waals surface area contributed by atoms with Gasteiger partial charge in [-0.25, -0.2) is 0 Å². The molecular weight excluding hydrogens is 374 g/mol. The maximum atomic E-state index is 13.1. The van der Waals surface area contributed by atoms with Crippen molar-refractivity contribution in [1.29, 1.82) is 0 Å². The third kappa shape index (κ3) is 4.57. The number of carbonyl (C=O) groups is 2. The summed E-state index contributed by atoms with van der Waals surface area (Å²) in [5.41, 5.74) is 2.58. The van der Waals surface area contributed by atoms with Crippen molar-refractivity contribution in [2.45, 2.75) is 25.8 Å². The number of rotatable bonds is 4. The Balaban J connectivity index is 1.40. The molecule has 2 fully saturated rings. The standard InChI is InChI=1S/C25H31N3O2/c1-20(29)26-14-12-23(13-15-26)25(30)28-18-16-27(17-19-28)24(21-8-4-2-5-9-21)22-10-6-3-7-11-22/h2-11,23-24H,12-19H2,1H3. The highest BCUT2D eigenvalue weighted by Gasteiger charge is 2.33. The number of likely N-dealkylation sites (tertiary alicyclic amines) is 1. The van der Waals surface area contributed by atoms with E-state index in [-0.39, 0.29) is 23.8 Å². The zero-order chi connectivity index (χ0) is 20.9. The van der Waals surface area contributed by atoms with Gasteiger partial charge in [-0.15, -0.1) is 0 Å². The van der Waals surface area contributed by atoms with E-state index in [1.165, 1.54) is 11.1 Å². The minimum Gasteiger partial charge on any atom is -0.343 e. The van der Waals surface area contributed by atoms with Crippen LogP contribution < -0.4 is 0 Å². The van der Waals surface area contributed by atoms with Gasteiger partial charge >= 0.3 is 0 Å². The van der Waals surface area contributed by atoms with Gasteiger partial charge in [0.25, 0.3) is 0 Å². The van der Waals surface area contributed by atoms with Crippen molar-refractivity contribution >= 4 is 11.8 Å². The Morgan fingerprint density at radius 3 is 1.70 bits per heavy atom. The number of hydrogen-bond acceptors (Lipinski definition) is 3. The van der Waals surface area contributed by atoms with Gasteiger partial charge in [-0.1, -0.05) is 60.7 Å². The lowest BCUT2D eigenvalue weighted by Crippen LogP contribution is -2.52. The zero-order valence-corrected chi connectivity index (χ0v) is 17.7. The number of carbonyl (C=O) groups excluding carboxylic acids is 2. The van der Waals surface area contributed by atoms with Crippen molar-refractivity contribution in [3.63, 3.8) is 0 Å². The summed E-state index contributed by atoms with van der Waals surface area (Å²) in [7, 11) is 0. The molecule has 2 aromatic carbocycles. The van der Waals surface area contributed by atoms with Crippen LogP contribution in [0.1, 0.15) is 36.9 Å². The number of hydrogen-bond donors (Lipinski definition) is 0. The summed E-state index contributed by atoms with van der Waals surface area (Å²) in [6.45, 7) is 6.28. The number of nitrogens with zero attached hydrogens (tertiary/aromatic N) is 3. The smallest absolute Gasteiger partial charge is 0.225 e. The van der Waals surface area contributed by atoms with Gasteiger partial charge in [0.05, 0.1) is 6.04 Å². The highest BCUT2D eigenvalue weighted by Crippen LogP contribution is 2.30. The first kappa shape index (κ1) is 20.6. The Bertz CT molecular complexity index is 800. The van der Waals surface area contributed by atoms with E-state index in [0.717, 1.165) is 39.0 Å². The molecule has 0 unspecified atom stereocenters. The molecule has 30 heavy (non-hydrogen) atoms. The van der Waals surface area contributed by atoms with Crippen LogP contribution in [0.15, 0.2) is 60.7 Å². The van der Waals surface area contributed by atoms with E-state index in [9.17, 15) is 9.59 Å². The normalized spacial score (nSPS) is 18.6. The largest absolute Gasteiger partial charge is 0.343 e. The molecule has 0 bridgehead atoms. The van der Waals surface area contributed by atoms with Crippen LogP contribution in [-0.2, 0) is 9.59 Å². The van der Waals surface area contributed by atoms with Crippen molar-refractivity contribution < 1.29 is 9.59 Å². The van der Waals surface area contributed by atoms with Gasteiger partial charge in [0.15, 0.2) is 0 Å². The third-order valence-electron chi connectivity index (χ3n) is 6.51. The van der Waals surface area contributed by atoms with Crippen LogP contribution in [-0.4, -0.2) is 65.8 Å². The molecule has 0 aromatic heterocycles. The van der Waals surface area contributed by atoms with Crippen LogP contribution in [0, 0.1) is 5.92 Å². The fourth-order valence-electron chi connectivity index (χ4n) is 4.78. The predicted molar refractivity (Wildman–Crippen MR) is 118 cm³/mol. The van der Waals surface area contributed by atoms with Gasteiger partial charge in [-0.2, -0.15) is 0 Å². The average Bonchev–Trinajstić information content (AvgIpc) is 2.81. The van der Waals surface area contributed by atoms with Crippen LogP contribution in [0.25, 0.3) is 0 Å². The van der Waals surface area contributed by atoms with Crippen LogP contribution in [0.4, 0.5) is 0 Å². The van der Waals surface area contributed by atoms with Crippen LogP contribution >= 0.6 is 0 Å². The lowest BCUT2D eigenvalue weighted by Gasteiger charge is -2.41. The molecule has 5 heteroatoms. The molecule has 0 N–H and O–H groups in total. The highest BCUT2D eigenvalue weighted by atomic mass is 16.2.